The van der Waals surface area contributed by atoms with Crippen LogP contribution in [-0.4, -0.2) is 5.97 Å². The zero-order valence-electron chi connectivity index (χ0n) is 11.2. The van der Waals surface area contributed by atoms with Crippen LogP contribution in [0.1, 0.15) is 55.8 Å². The van der Waals surface area contributed by atoms with Gasteiger partial charge in [-0.25, -0.2) is 0 Å². The van der Waals surface area contributed by atoms with Crippen molar-refractivity contribution in [2.45, 2.75) is 45.4 Å². The van der Waals surface area contributed by atoms with Gasteiger partial charge in [0.05, 0.1) is 0 Å². The van der Waals surface area contributed by atoms with Gasteiger partial charge in [-0.15, -0.1) is 0 Å². The maximum atomic E-state index is 11.6. The summed E-state index contributed by atoms with van der Waals surface area (Å²) in [4.78, 5) is 11.6. The molecule has 0 aromatic heterocycles. The van der Waals surface area contributed by atoms with Crippen LogP contribution in [0.2, 0.25) is 0 Å². The van der Waals surface area contributed by atoms with Crippen LogP contribution in [0.5, 0.6) is 0 Å². The van der Waals surface area contributed by atoms with Gasteiger partial charge in [-0.3, -0.25) is 0 Å². The first-order chi connectivity index (χ1) is 9.33. The van der Waals surface area contributed by atoms with Crippen LogP contribution in [0.4, 0.5) is 0 Å². The molecule has 1 aromatic rings. The van der Waals surface area contributed by atoms with Gasteiger partial charge >= 0.3 is 123 Å². The molecule has 2 rings (SSSR count). The predicted molar refractivity (Wildman–Crippen MR) is 85.7 cm³/mol. The van der Waals surface area contributed by atoms with E-state index in [-0.39, 0.29) is 5.97 Å². The summed E-state index contributed by atoms with van der Waals surface area (Å²) in [5.74, 6) is 3.03. The third-order valence-electron chi connectivity index (χ3n) is 2.98. The Morgan fingerprint density at radius 2 is 1.95 bits per heavy atom. The molecule has 0 atom stereocenters. The first kappa shape index (κ1) is 14.4. The monoisotopic (exact) mass is 370 g/mol. The summed E-state index contributed by atoms with van der Waals surface area (Å²) in [7, 11) is 0. The molecule has 0 radical (unpaired) electrons. The molecule has 0 amide bonds. The van der Waals surface area contributed by atoms with E-state index >= 15 is 0 Å². The molecule has 3 heteroatoms. The zero-order valence-corrected chi connectivity index (χ0v) is 13.4. The Labute approximate surface area is 122 Å². The number of unbranched alkanes of at least 4 members (excludes halogenated alkanes) is 5. The fraction of sp³-hybridized carbons (Fsp3) is 0.438. The van der Waals surface area contributed by atoms with Gasteiger partial charge in [0.1, 0.15) is 0 Å². The van der Waals surface area contributed by atoms with Crippen LogP contribution in [0.3, 0.4) is 0 Å². The summed E-state index contributed by atoms with van der Waals surface area (Å²) >= 11 is -2.00. The van der Waals surface area contributed by atoms with E-state index in [9.17, 15) is 4.79 Å². The number of hydrogen-bond donors (Lipinski definition) is 0. The zero-order chi connectivity index (χ0) is 13.5. The number of rotatable bonds is 5. The van der Waals surface area contributed by atoms with Crippen molar-refractivity contribution in [1.82, 2.24) is 0 Å². The SMILES string of the molecule is CCCCCCCC#CI1OC(=O)c2ccccc21. The second-order valence-corrected chi connectivity index (χ2v) is 8.09. The number of carbonyl (C=O) groups is 1. The van der Waals surface area contributed by atoms with Crippen molar-refractivity contribution in [2.75, 3.05) is 0 Å². The van der Waals surface area contributed by atoms with Gasteiger partial charge in [-0.1, -0.05) is 0 Å². The molecule has 1 aromatic carbocycles. The fourth-order valence-electron chi connectivity index (χ4n) is 1.92. The molecule has 1 aliphatic rings. The molecule has 0 saturated carbocycles. The summed E-state index contributed by atoms with van der Waals surface area (Å²) in [5.41, 5.74) is 0.727. The van der Waals surface area contributed by atoms with Gasteiger partial charge in [0, 0.05) is 0 Å². The van der Waals surface area contributed by atoms with Crippen LogP contribution in [0.25, 0.3) is 0 Å². The Morgan fingerprint density at radius 1 is 1.16 bits per heavy atom. The van der Waals surface area contributed by atoms with E-state index < -0.39 is 20.2 Å². The van der Waals surface area contributed by atoms with Crippen molar-refractivity contribution in [3.63, 3.8) is 0 Å². The third-order valence-corrected chi connectivity index (χ3v) is 6.69. The van der Waals surface area contributed by atoms with Crippen LogP contribution >= 0.6 is 20.2 Å². The predicted octanol–water partition coefficient (Wildman–Crippen LogP) is 4.77. The van der Waals surface area contributed by atoms with E-state index in [0.29, 0.717) is 0 Å². The van der Waals surface area contributed by atoms with Crippen molar-refractivity contribution in [3.05, 3.63) is 33.4 Å². The Hall–Kier alpha value is -1.02. The van der Waals surface area contributed by atoms with Crippen molar-refractivity contribution >= 4 is 26.2 Å². The Balaban J connectivity index is 1.83. The Bertz CT molecular complexity index is 499. The summed E-state index contributed by atoms with van der Waals surface area (Å²) in [6.07, 6.45) is 7.24. The Kier molecular flexibility index (Phi) is 5.71. The number of carbonyl (C=O) groups excluding carboxylic acids is 1. The normalized spacial score (nSPS) is 14.6. The molecule has 0 fully saturated rings. The molecule has 1 aliphatic heterocycles. The summed E-state index contributed by atoms with van der Waals surface area (Å²) in [6.45, 7) is 2.22. The molecule has 102 valence electrons. The van der Waals surface area contributed by atoms with E-state index in [4.69, 9.17) is 3.07 Å². The van der Waals surface area contributed by atoms with E-state index in [1.54, 1.807) is 0 Å². The molecule has 0 saturated heterocycles. The number of halogens is 1. The average molecular weight is 370 g/mol. The molecule has 19 heavy (non-hydrogen) atoms. The molecule has 0 aliphatic carbocycles. The summed E-state index contributed by atoms with van der Waals surface area (Å²) in [6, 6.07) is 7.65. The van der Waals surface area contributed by atoms with Crippen LogP contribution in [0, 0.1) is 13.4 Å². The fourth-order valence-corrected chi connectivity index (χ4v) is 5.28. The van der Waals surface area contributed by atoms with Crippen molar-refractivity contribution < 1.29 is 7.86 Å². The summed E-state index contributed by atoms with van der Waals surface area (Å²) < 4.78 is 9.71. The third kappa shape index (κ3) is 3.97. The van der Waals surface area contributed by atoms with Gasteiger partial charge in [-0.2, -0.15) is 0 Å². The maximum absolute atomic E-state index is 11.6. The molecule has 2 nitrogen and oxygen atoms in total. The number of fused-ring (bicyclic) bond motifs is 1. The standard InChI is InChI=1S/C16H19IO2/c1-2-3-4-5-6-7-10-13-17-15-12-9-8-11-14(15)16(18)19-17/h8-9,11-12H,2-7H2,1H3. The van der Waals surface area contributed by atoms with Gasteiger partial charge in [0.25, 0.3) is 0 Å². The van der Waals surface area contributed by atoms with E-state index in [1.165, 1.54) is 25.7 Å². The first-order valence-electron chi connectivity index (χ1n) is 6.83. The van der Waals surface area contributed by atoms with Gasteiger partial charge < -0.3 is 0 Å². The van der Waals surface area contributed by atoms with Crippen LogP contribution in [-0.2, 0) is 3.07 Å². The second-order valence-electron chi connectivity index (χ2n) is 4.53. The topological polar surface area (TPSA) is 26.3 Å². The number of benzene rings is 1. The van der Waals surface area contributed by atoms with E-state index in [2.05, 4.69) is 16.8 Å². The molecule has 0 spiro atoms. The number of hydrogen-bond acceptors (Lipinski definition) is 2. The summed E-state index contributed by atoms with van der Waals surface area (Å²) in [5, 5.41) is 0. The van der Waals surface area contributed by atoms with Crippen LogP contribution in [0.15, 0.2) is 24.3 Å². The van der Waals surface area contributed by atoms with Gasteiger partial charge in [0.15, 0.2) is 0 Å². The first-order valence-corrected chi connectivity index (χ1v) is 9.87. The van der Waals surface area contributed by atoms with Crippen molar-refractivity contribution in [2.24, 2.45) is 0 Å². The minimum atomic E-state index is -2.00. The molecule has 0 N–H and O–H groups in total. The minimum absolute atomic E-state index is 0.182. The Morgan fingerprint density at radius 3 is 2.79 bits per heavy atom. The second kappa shape index (κ2) is 7.54. The quantitative estimate of drug-likeness (QED) is 0.424. The van der Waals surface area contributed by atoms with Crippen LogP contribution < -0.4 is 0 Å². The van der Waals surface area contributed by atoms with Crippen molar-refractivity contribution in [3.8, 4) is 9.85 Å². The molecule has 0 unspecified atom stereocenters. The van der Waals surface area contributed by atoms with E-state index in [1.807, 2.05) is 24.3 Å². The van der Waals surface area contributed by atoms with Crippen molar-refractivity contribution in [1.29, 1.82) is 0 Å². The molecular weight excluding hydrogens is 351 g/mol. The van der Waals surface area contributed by atoms with Gasteiger partial charge in [0.2, 0.25) is 0 Å². The van der Waals surface area contributed by atoms with Gasteiger partial charge in [-0.05, 0) is 0 Å². The molecular formula is C16H19IO2. The molecule has 0 bridgehead atoms. The average Bonchev–Trinajstić information content (AvgIpc) is 2.75. The van der Waals surface area contributed by atoms with E-state index in [0.717, 1.165) is 22.0 Å². The molecule has 1 heterocycles.